The van der Waals surface area contributed by atoms with Gasteiger partial charge in [0.15, 0.2) is 6.10 Å². The molecule has 1 saturated heterocycles. The summed E-state index contributed by atoms with van der Waals surface area (Å²) in [6, 6.07) is 22.1. The standard InChI is InChI=1S/C28H36N4O3/c1-22(2)18-25(35-27(34)30-19-23-10-5-3-6-11-23)26(33)31-28(21-29)14-9-16-32(17-15-28)20-24-12-7-4-8-13-24/h3-8,10-13,22,25H,9,14-20H2,1-2H3,(H,30,34)(H,31,33). The molecule has 0 bridgehead atoms. The second-order valence-corrected chi connectivity index (χ2v) is 9.66. The highest BCUT2D eigenvalue weighted by atomic mass is 16.6. The second kappa shape index (κ2) is 12.9. The molecule has 2 unspecified atom stereocenters. The molecule has 0 aliphatic carbocycles. The zero-order valence-corrected chi connectivity index (χ0v) is 20.7. The maximum Gasteiger partial charge on any atom is 0.408 e. The van der Waals surface area contributed by atoms with Gasteiger partial charge in [0.2, 0.25) is 0 Å². The van der Waals surface area contributed by atoms with Crippen molar-refractivity contribution >= 4 is 12.0 Å². The Labute approximate surface area is 208 Å². The predicted octanol–water partition coefficient (Wildman–Crippen LogP) is 4.39. The molecule has 2 N–H and O–H groups in total. The molecule has 2 aromatic rings. The van der Waals surface area contributed by atoms with E-state index in [0.29, 0.717) is 32.4 Å². The van der Waals surface area contributed by atoms with Crippen molar-refractivity contribution in [2.75, 3.05) is 13.1 Å². The molecule has 0 spiro atoms. The molecule has 1 aliphatic rings. The molecule has 3 rings (SSSR count). The Bertz CT molecular complexity index is 990. The molecule has 2 amide bonds. The van der Waals surface area contributed by atoms with Crippen LogP contribution in [0.15, 0.2) is 60.7 Å². The van der Waals surface area contributed by atoms with Crippen LogP contribution in [-0.4, -0.2) is 41.6 Å². The largest absolute Gasteiger partial charge is 0.436 e. The number of rotatable bonds is 9. The Hall–Kier alpha value is -3.37. The Morgan fingerprint density at radius 3 is 2.31 bits per heavy atom. The lowest BCUT2D eigenvalue weighted by Gasteiger charge is -2.29. The first-order valence-corrected chi connectivity index (χ1v) is 12.4. The van der Waals surface area contributed by atoms with E-state index in [2.05, 4.69) is 33.7 Å². The molecule has 2 aromatic carbocycles. The van der Waals surface area contributed by atoms with Gasteiger partial charge in [-0.3, -0.25) is 9.69 Å². The van der Waals surface area contributed by atoms with Crippen LogP contribution in [0, 0.1) is 17.2 Å². The van der Waals surface area contributed by atoms with Gasteiger partial charge in [0, 0.05) is 19.6 Å². The molecule has 1 heterocycles. The van der Waals surface area contributed by atoms with Crippen molar-refractivity contribution in [1.29, 1.82) is 5.26 Å². The molecule has 2 atom stereocenters. The van der Waals surface area contributed by atoms with Crippen molar-refractivity contribution in [3.63, 3.8) is 0 Å². The molecule has 1 fully saturated rings. The minimum atomic E-state index is -0.971. The van der Waals surface area contributed by atoms with E-state index in [0.717, 1.165) is 25.1 Å². The van der Waals surface area contributed by atoms with Gasteiger partial charge in [-0.15, -0.1) is 0 Å². The van der Waals surface area contributed by atoms with E-state index in [1.54, 1.807) is 0 Å². The fourth-order valence-electron chi connectivity index (χ4n) is 4.35. The van der Waals surface area contributed by atoms with E-state index in [1.807, 2.05) is 62.4 Å². The molecule has 35 heavy (non-hydrogen) atoms. The van der Waals surface area contributed by atoms with E-state index in [1.165, 1.54) is 5.56 Å². The van der Waals surface area contributed by atoms with Crippen molar-refractivity contribution in [3.8, 4) is 6.07 Å². The summed E-state index contributed by atoms with van der Waals surface area (Å²) in [7, 11) is 0. The van der Waals surface area contributed by atoms with Gasteiger partial charge in [-0.25, -0.2) is 4.79 Å². The highest BCUT2D eigenvalue weighted by Crippen LogP contribution is 2.24. The number of alkyl carbamates (subject to hydrolysis) is 1. The molecule has 0 radical (unpaired) electrons. The van der Waals surface area contributed by atoms with E-state index in [-0.39, 0.29) is 5.92 Å². The van der Waals surface area contributed by atoms with Gasteiger partial charge in [0.1, 0.15) is 5.54 Å². The number of nitriles is 1. The minimum Gasteiger partial charge on any atom is -0.436 e. The molecule has 186 valence electrons. The van der Waals surface area contributed by atoms with Crippen molar-refractivity contribution < 1.29 is 14.3 Å². The summed E-state index contributed by atoms with van der Waals surface area (Å²) >= 11 is 0. The Kier molecular flexibility index (Phi) is 9.68. The third kappa shape index (κ3) is 8.41. The van der Waals surface area contributed by atoms with Gasteiger partial charge in [-0.2, -0.15) is 5.26 Å². The molecule has 7 heteroatoms. The fourth-order valence-corrected chi connectivity index (χ4v) is 4.35. The summed E-state index contributed by atoms with van der Waals surface area (Å²) in [6.07, 6.45) is 0.668. The van der Waals surface area contributed by atoms with Crippen molar-refractivity contribution in [2.45, 2.75) is 64.3 Å². The number of amides is 2. The Morgan fingerprint density at radius 1 is 1.03 bits per heavy atom. The lowest BCUT2D eigenvalue weighted by atomic mass is 9.91. The van der Waals surface area contributed by atoms with Crippen LogP contribution in [0.4, 0.5) is 4.79 Å². The van der Waals surface area contributed by atoms with Gasteiger partial charge in [0.25, 0.3) is 5.91 Å². The highest BCUT2D eigenvalue weighted by Gasteiger charge is 2.37. The van der Waals surface area contributed by atoms with Crippen LogP contribution in [-0.2, 0) is 22.6 Å². The SMILES string of the molecule is CC(C)CC(OC(=O)NCc1ccccc1)C(=O)NC1(C#N)CCCN(Cc2ccccc2)CC1. The van der Waals surface area contributed by atoms with E-state index < -0.39 is 23.6 Å². The third-order valence-electron chi connectivity index (χ3n) is 6.27. The van der Waals surface area contributed by atoms with Gasteiger partial charge < -0.3 is 15.4 Å². The number of nitrogens with zero attached hydrogens (tertiary/aromatic N) is 2. The first-order chi connectivity index (χ1) is 16.9. The number of hydrogen-bond donors (Lipinski definition) is 2. The third-order valence-corrected chi connectivity index (χ3v) is 6.27. The lowest BCUT2D eigenvalue weighted by molar-refractivity contribution is -0.132. The van der Waals surface area contributed by atoms with Crippen LogP contribution in [0.5, 0.6) is 0 Å². The Balaban J connectivity index is 1.59. The summed E-state index contributed by atoms with van der Waals surface area (Å²) in [6.45, 7) is 6.64. The second-order valence-electron chi connectivity index (χ2n) is 9.66. The van der Waals surface area contributed by atoms with E-state index in [4.69, 9.17) is 4.74 Å². The zero-order valence-electron chi connectivity index (χ0n) is 20.7. The van der Waals surface area contributed by atoms with Crippen LogP contribution < -0.4 is 10.6 Å². The zero-order chi connectivity index (χ0) is 25.1. The van der Waals surface area contributed by atoms with Crippen LogP contribution >= 0.6 is 0 Å². The number of benzene rings is 2. The Morgan fingerprint density at radius 2 is 1.69 bits per heavy atom. The highest BCUT2D eigenvalue weighted by molar-refractivity contribution is 5.84. The topological polar surface area (TPSA) is 94.5 Å². The molecule has 0 aromatic heterocycles. The number of carbonyl (C=O) groups excluding carboxylic acids is 2. The number of hydrogen-bond acceptors (Lipinski definition) is 5. The van der Waals surface area contributed by atoms with Gasteiger partial charge in [-0.05, 0) is 49.3 Å². The molecule has 0 saturated carbocycles. The maximum absolute atomic E-state index is 13.2. The normalized spacial score (nSPS) is 19.3. The van der Waals surface area contributed by atoms with Crippen molar-refractivity contribution in [1.82, 2.24) is 15.5 Å². The average molecular weight is 477 g/mol. The molecule has 7 nitrogen and oxygen atoms in total. The van der Waals surface area contributed by atoms with Crippen LogP contribution in [0.2, 0.25) is 0 Å². The monoisotopic (exact) mass is 476 g/mol. The average Bonchev–Trinajstić information content (AvgIpc) is 3.06. The number of likely N-dealkylation sites (tertiary alicyclic amines) is 1. The maximum atomic E-state index is 13.2. The number of ether oxygens (including phenoxy) is 1. The van der Waals surface area contributed by atoms with Crippen molar-refractivity contribution in [2.24, 2.45) is 5.92 Å². The van der Waals surface area contributed by atoms with Crippen LogP contribution in [0.25, 0.3) is 0 Å². The number of nitrogens with one attached hydrogen (secondary N) is 2. The summed E-state index contributed by atoms with van der Waals surface area (Å²) in [4.78, 5) is 28.0. The molecule has 1 aliphatic heterocycles. The number of carbonyl (C=O) groups is 2. The smallest absolute Gasteiger partial charge is 0.408 e. The summed E-state index contributed by atoms with van der Waals surface area (Å²) in [5, 5.41) is 15.7. The van der Waals surface area contributed by atoms with Gasteiger partial charge >= 0.3 is 6.09 Å². The first-order valence-electron chi connectivity index (χ1n) is 12.4. The quantitative estimate of drug-likeness (QED) is 0.560. The lowest BCUT2D eigenvalue weighted by Crippen LogP contribution is -2.52. The molecular formula is C28H36N4O3. The predicted molar refractivity (Wildman–Crippen MR) is 135 cm³/mol. The summed E-state index contributed by atoms with van der Waals surface area (Å²) < 4.78 is 5.53. The summed E-state index contributed by atoms with van der Waals surface area (Å²) in [5.74, 6) is -0.271. The van der Waals surface area contributed by atoms with Crippen LogP contribution in [0.1, 0.15) is 50.7 Å². The van der Waals surface area contributed by atoms with Gasteiger partial charge in [0.05, 0.1) is 6.07 Å². The van der Waals surface area contributed by atoms with E-state index >= 15 is 0 Å². The fraction of sp³-hybridized carbons (Fsp3) is 0.464. The summed E-state index contributed by atoms with van der Waals surface area (Å²) in [5.41, 5.74) is 1.20. The minimum absolute atomic E-state index is 0.140. The van der Waals surface area contributed by atoms with Crippen LogP contribution in [0.3, 0.4) is 0 Å². The first kappa shape index (κ1) is 26.2. The molecular weight excluding hydrogens is 440 g/mol. The van der Waals surface area contributed by atoms with Crippen molar-refractivity contribution in [3.05, 3.63) is 71.8 Å². The van der Waals surface area contributed by atoms with Gasteiger partial charge in [-0.1, -0.05) is 74.5 Å². The van der Waals surface area contributed by atoms with E-state index in [9.17, 15) is 14.9 Å².